The zero-order valence-corrected chi connectivity index (χ0v) is 30.7. The number of carboxylic acid groups (broad SMARTS) is 1. The number of thioether (sulfide) groups is 1. The van der Waals surface area contributed by atoms with E-state index in [0.29, 0.717) is 10.8 Å². The Hall–Kier alpha value is -2.68. The average molecular weight is 768 g/mol. The van der Waals surface area contributed by atoms with E-state index < -0.39 is 72.6 Å². The number of nitrogens with one attached hydrogen (secondary N) is 1. The lowest BCUT2D eigenvalue weighted by Crippen LogP contribution is -2.75. The van der Waals surface area contributed by atoms with Gasteiger partial charge in [-0.3, -0.25) is 29.4 Å². The first-order valence-electron chi connectivity index (χ1n) is 14.8. The van der Waals surface area contributed by atoms with Gasteiger partial charge < -0.3 is 20.3 Å². The van der Waals surface area contributed by atoms with Crippen molar-refractivity contribution in [2.45, 2.75) is 48.1 Å². The largest absolute Gasteiger partial charge is 0.491 e. The molecule has 5 N–H and O–H groups in total. The van der Waals surface area contributed by atoms with Crippen molar-refractivity contribution in [2.24, 2.45) is 11.7 Å². The number of ether oxygens (including phenoxy) is 1. The molecule has 2 fully saturated rings. The van der Waals surface area contributed by atoms with Crippen LogP contribution in [0.3, 0.4) is 0 Å². The quantitative estimate of drug-likeness (QED) is 0.0398. The fraction of sp³-hybridized carbons (Fsp3) is 0.536. The molecule has 19 nitrogen and oxygen atoms in total. The number of carbonyl (C=O) groups excluding carboxylic acids is 2. The van der Waals surface area contributed by atoms with E-state index >= 15 is 0 Å². The van der Waals surface area contributed by atoms with Crippen LogP contribution in [0.2, 0.25) is 0 Å². The summed E-state index contributed by atoms with van der Waals surface area (Å²) in [6.45, 7) is 4.46. The second kappa shape index (κ2) is 15.1. The molecular weight excluding hydrogens is 728 g/mol. The Bertz CT molecular complexity index is 1680. The average Bonchev–Trinajstić information content (AvgIpc) is 3.23. The highest BCUT2D eigenvalue weighted by atomic mass is 32.2. The zero-order valence-electron chi connectivity index (χ0n) is 28.1. The highest BCUT2D eigenvalue weighted by Crippen LogP contribution is 2.78. The molecule has 22 heteroatoms. The number of amides is 1. The van der Waals surface area contributed by atoms with Crippen molar-refractivity contribution in [3.8, 4) is 5.75 Å². The van der Waals surface area contributed by atoms with E-state index in [1.54, 1.807) is 51.1 Å². The number of hydrogen-bond donors (Lipinski definition) is 4. The molecule has 0 spiro atoms. The van der Waals surface area contributed by atoms with Gasteiger partial charge in [0.25, 0.3) is 5.08 Å². The first-order chi connectivity index (χ1) is 23.5. The summed E-state index contributed by atoms with van der Waals surface area (Å²) >= 11 is 1.11. The van der Waals surface area contributed by atoms with Crippen LogP contribution in [-0.2, 0) is 57.0 Å². The van der Waals surface area contributed by atoms with Gasteiger partial charge in [-0.2, -0.15) is 0 Å². The third-order valence-corrected chi connectivity index (χ3v) is 14.9. The summed E-state index contributed by atoms with van der Waals surface area (Å²) in [6, 6.07) is 8.36. The number of fused-ring (bicyclic) bond motifs is 2. The van der Waals surface area contributed by atoms with Crippen LogP contribution in [0.1, 0.15) is 37.6 Å². The Morgan fingerprint density at radius 2 is 1.56 bits per heavy atom. The number of β-lactam (4-membered cyclic amide) rings is 1. The van der Waals surface area contributed by atoms with E-state index in [2.05, 4.69) is 24.9 Å². The molecule has 2 aromatic rings. The summed E-state index contributed by atoms with van der Waals surface area (Å²) in [5.41, 5.74) is 4.40. The van der Waals surface area contributed by atoms with E-state index in [9.17, 15) is 33.7 Å². The van der Waals surface area contributed by atoms with Crippen LogP contribution in [0.4, 0.5) is 5.69 Å². The van der Waals surface area contributed by atoms with Crippen molar-refractivity contribution in [3.05, 3.63) is 35.9 Å². The number of nitrogens with two attached hydrogens (primary N) is 1. The number of aliphatic carboxylic acids is 1. The number of benzene rings is 2. The number of ketones is 1. The smallest absolute Gasteiger partial charge is 0.428 e. The molecule has 2 aliphatic rings. The molecule has 0 saturated carbocycles. The lowest BCUT2D eigenvalue weighted by molar-refractivity contribution is -0.264. The molecule has 0 aromatic heterocycles. The number of anilines is 1. The van der Waals surface area contributed by atoms with Gasteiger partial charge in [0.2, 0.25) is 11.6 Å². The van der Waals surface area contributed by atoms with Crippen molar-refractivity contribution in [3.63, 3.8) is 0 Å². The molecule has 278 valence electrons. The molecule has 50 heavy (non-hydrogen) atoms. The molecule has 0 bridgehead atoms. The van der Waals surface area contributed by atoms with E-state index in [1.807, 2.05) is 0 Å². The number of carboxylic acids is 1. The number of hydrogen-bond acceptors (Lipinski definition) is 18. The lowest BCUT2D eigenvalue weighted by atomic mass is 9.82. The highest BCUT2D eigenvalue weighted by Gasteiger charge is 2.73. The van der Waals surface area contributed by atoms with E-state index in [-0.39, 0.29) is 23.6 Å². The maximum atomic E-state index is 14.4. The summed E-state index contributed by atoms with van der Waals surface area (Å²) < 4.78 is 51.2. The van der Waals surface area contributed by atoms with Crippen LogP contribution < -0.4 is 15.8 Å². The van der Waals surface area contributed by atoms with Gasteiger partial charge in [0.1, 0.15) is 5.92 Å². The highest BCUT2D eigenvalue weighted by molar-refractivity contribution is 8.01. The van der Waals surface area contributed by atoms with Crippen LogP contribution in [0.25, 0.3) is 10.8 Å². The van der Waals surface area contributed by atoms with Crippen LogP contribution in [-0.4, -0.2) is 95.2 Å². The van der Waals surface area contributed by atoms with E-state index in [4.69, 9.17) is 29.2 Å². The Labute approximate surface area is 290 Å². The van der Waals surface area contributed by atoms with Gasteiger partial charge >= 0.3 is 21.2 Å². The Kier molecular flexibility index (Phi) is 12.1. The fourth-order valence-corrected chi connectivity index (χ4v) is 11.2. The molecule has 2 aromatic carbocycles. The summed E-state index contributed by atoms with van der Waals surface area (Å²) in [6.07, 6.45) is -0.833. The van der Waals surface area contributed by atoms with Gasteiger partial charge in [-0.25, -0.2) is 24.3 Å². The van der Waals surface area contributed by atoms with Crippen molar-refractivity contribution < 1.29 is 76.7 Å². The number of nitrogens with zero attached hydrogens (tertiary/aromatic N) is 1. The van der Waals surface area contributed by atoms with Crippen LogP contribution in [0.15, 0.2) is 30.3 Å². The molecule has 2 heterocycles. The SMILES string of the molecule is CCOc1c(NCCC(O)(P(=O)(OOC)OOC)P(=O)(OOC)OOC)cc2ccccc2c1C(=O)C1C(=O)N2C1SC(C)(C)C2(N)C(=O)O. The van der Waals surface area contributed by atoms with Crippen LogP contribution in [0, 0.1) is 5.92 Å². The van der Waals surface area contributed by atoms with Crippen molar-refractivity contribution in [1.29, 1.82) is 0 Å². The molecule has 0 radical (unpaired) electrons. The van der Waals surface area contributed by atoms with Crippen LogP contribution in [0.5, 0.6) is 5.75 Å². The lowest BCUT2D eigenvalue weighted by Gasteiger charge is -2.47. The summed E-state index contributed by atoms with van der Waals surface area (Å²) in [4.78, 5) is 59.2. The second-order valence-corrected chi connectivity index (χ2v) is 17.5. The standard InChI is InChI=1S/C28H39N3O16P2S/c1-8-43-22-18(30-14-13-27(36,48(37,44-39-4)45-40-5)49(38,46-41-6)47-42-7)15-16-11-9-10-12-17(16)19(22)21(32)20-23(33)31-24(20)50-26(2,3)28(31,29)25(34)35/h9-12,15,20,24,30,36H,8,13-14,29H2,1-7H3,(H,34,35). The van der Waals surface area contributed by atoms with E-state index in [0.717, 1.165) is 45.1 Å². The predicted octanol–water partition coefficient (Wildman–Crippen LogP) is 3.62. The fourth-order valence-electron chi connectivity index (χ4n) is 5.84. The molecule has 2 aliphatic heterocycles. The third-order valence-electron chi connectivity index (χ3n) is 8.25. The summed E-state index contributed by atoms with van der Waals surface area (Å²) in [5, 5.41) is 21.5. The molecule has 2 saturated heterocycles. The monoisotopic (exact) mass is 767 g/mol. The Morgan fingerprint density at radius 3 is 2.06 bits per heavy atom. The van der Waals surface area contributed by atoms with Gasteiger partial charge in [-0.1, -0.05) is 24.3 Å². The van der Waals surface area contributed by atoms with Gasteiger partial charge in [0.05, 0.1) is 56.4 Å². The second-order valence-electron chi connectivity index (χ2n) is 11.3. The first kappa shape index (κ1) is 40.1. The van der Waals surface area contributed by atoms with Crippen molar-refractivity contribution in [2.75, 3.05) is 46.9 Å². The molecule has 1 amide bonds. The molecular formula is C28H39N3O16P2S. The number of rotatable bonds is 19. The Balaban J connectivity index is 1.79. The molecule has 0 aliphatic carbocycles. The van der Waals surface area contributed by atoms with Gasteiger partial charge in [0, 0.05) is 13.0 Å². The number of carbonyl (C=O) groups is 3. The predicted molar refractivity (Wildman–Crippen MR) is 175 cm³/mol. The number of Topliss-reactive ketones (excluding diaryl/α,β-unsaturated/α-hetero) is 1. The summed E-state index contributed by atoms with van der Waals surface area (Å²) in [5.74, 6) is -4.10. The maximum Gasteiger partial charge on any atom is 0.428 e. The normalized spacial score (nSPS) is 21.9. The molecule has 4 rings (SSSR count). The topological polar surface area (TPSA) is 250 Å². The van der Waals surface area contributed by atoms with Crippen molar-refractivity contribution >= 4 is 61.1 Å². The zero-order chi connectivity index (χ0) is 37.3. The maximum absolute atomic E-state index is 14.4. The number of aliphatic hydroxyl groups is 1. The summed E-state index contributed by atoms with van der Waals surface area (Å²) in [7, 11) is -6.63. The van der Waals surface area contributed by atoms with E-state index in [1.165, 1.54) is 0 Å². The first-order valence-corrected chi connectivity index (χ1v) is 18.8. The minimum absolute atomic E-state index is 0.000533. The Morgan fingerprint density at radius 1 is 1.02 bits per heavy atom. The van der Waals surface area contributed by atoms with Gasteiger partial charge in [-0.15, -0.1) is 30.5 Å². The molecule has 3 unspecified atom stereocenters. The third kappa shape index (κ3) is 6.36. The van der Waals surface area contributed by atoms with Gasteiger partial charge in [0.15, 0.2) is 11.5 Å². The van der Waals surface area contributed by atoms with Gasteiger partial charge in [-0.05, 0) is 37.6 Å². The van der Waals surface area contributed by atoms with Crippen LogP contribution >= 0.6 is 27.0 Å². The minimum atomic E-state index is -5.17. The minimum Gasteiger partial charge on any atom is -0.491 e. The van der Waals surface area contributed by atoms with Crippen molar-refractivity contribution in [1.82, 2.24) is 4.90 Å². The molecule has 3 atom stereocenters.